The van der Waals surface area contributed by atoms with Crippen LogP contribution in [0.3, 0.4) is 0 Å². The summed E-state index contributed by atoms with van der Waals surface area (Å²) >= 11 is 0. The molecule has 11 heavy (non-hydrogen) atoms. The van der Waals surface area contributed by atoms with E-state index in [9.17, 15) is 4.79 Å². The first kappa shape index (κ1) is 8.49. The van der Waals surface area contributed by atoms with Gasteiger partial charge in [-0.2, -0.15) is 0 Å². The summed E-state index contributed by atoms with van der Waals surface area (Å²) in [5.41, 5.74) is 0. The predicted molar refractivity (Wildman–Crippen MR) is 36.7 cm³/mol. The molecule has 0 saturated heterocycles. The lowest BCUT2D eigenvalue weighted by atomic mass is 10.2. The Morgan fingerprint density at radius 2 is 2.09 bits per heavy atom. The van der Waals surface area contributed by atoms with Crippen LogP contribution in [0.15, 0.2) is 0 Å². The summed E-state index contributed by atoms with van der Waals surface area (Å²) in [6.45, 7) is 0. The molecule has 4 nitrogen and oxygen atoms in total. The van der Waals surface area contributed by atoms with Crippen molar-refractivity contribution in [1.29, 1.82) is 0 Å². The largest absolute Gasteiger partial charge is 0.481 e. The Balaban J connectivity index is 2.11. The van der Waals surface area contributed by atoms with Crippen LogP contribution < -0.4 is 0 Å². The molecule has 4 heteroatoms. The highest BCUT2D eigenvalue weighted by molar-refractivity contribution is 5.67. The fourth-order valence-corrected chi connectivity index (χ4v) is 1.34. The van der Waals surface area contributed by atoms with Crippen molar-refractivity contribution >= 4 is 5.97 Å². The number of hydrogen-bond donors (Lipinski definition) is 3. The first-order valence-corrected chi connectivity index (χ1v) is 3.67. The second kappa shape index (κ2) is 3.19. The van der Waals surface area contributed by atoms with Crippen molar-refractivity contribution in [2.45, 2.75) is 25.6 Å². The summed E-state index contributed by atoms with van der Waals surface area (Å²) in [5, 5.41) is 25.4. The van der Waals surface area contributed by atoms with E-state index in [0.717, 1.165) is 6.42 Å². The van der Waals surface area contributed by atoms with E-state index in [1.165, 1.54) is 0 Å². The van der Waals surface area contributed by atoms with Crippen LogP contribution in [-0.2, 0) is 4.79 Å². The number of carboxylic acid groups (broad SMARTS) is 1. The van der Waals surface area contributed by atoms with E-state index in [-0.39, 0.29) is 18.3 Å². The summed E-state index contributed by atoms with van der Waals surface area (Å²) in [7, 11) is 0. The van der Waals surface area contributed by atoms with E-state index >= 15 is 0 Å². The van der Waals surface area contributed by atoms with E-state index in [0.29, 0.717) is 6.42 Å². The molecule has 0 aliphatic heterocycles. The van der Waals surface area contributed by atoms with E-state index in [2.05, 4.69) is 0 Å². The minimum atomic E-state index is -1.28. The van der Waals surface area contributed by atoms with Gasteiger partial charge < -0.3 is 15.3 Å². The lowest BCUT2D eigenvalue weighted by molar-refractivity contribution is -0.137. The monoisotopic (exact) mass is 160 g/mol. The highest BCUT2D eigenvalue weighted by Crippen LogP contribution is 2.44. The number of carboxylic acids is 1. The Labute approximate surface area is 64.5 Å². The third-order valence-electron chi connectivity index (χ3n) is 2.02. The molecule has 3 N–H and O–H groups in total. The van der Waals surface area contributed by atoms with Crippen LogP contribution in [0.5, 0.6) is 0 Å². The Bertz CT molecular complexity index is 155. The van der Waals surface area contributed by atoms with Crippen molar-refractivity contribution in [2.75, 3.05) is 0 Å². The molecule has 1 saturated carbocycles. The van der Waals surface area contributed by atoms with Gasteiger partial charge in [0.15, 0.2) is 6.29 Å². The van der Waals surface area contributed by atoms with E-state index in [1.54, 1.807) is 0 Å². The number of aliphatic hydroxyl groups is 2. The third kappa shape index (κ3) is 2.86. The molecule has 1 aliphatic rings. The molecule has 0 aromatic rings. The van der Waals surface area contributed by atoms with Gasteiger partial charge in [0.05, 0.1) is 0 Å². The van der Waals surface area contributed by atoms with Crippen molar-refractivity contribution in [2.24, 2.45) is 11.8 Å². The van der Waals surface area contributed by atoms with Gasteiger partial charge in [0.2, 0.25) is 0 Å². The molecule has 0 bridgehead atoms. The topological polar surface area (TPSA) is 77.8 Å². The summed E-state index contributed by atoms with van der Waals surface area (Å²) in [6.07, 6.45) is 0.0259. The van der Waals surface area contributed by atoms with Crippen molar-refractivity contribution in [3.05, 3.63) is 0 Å². The summed E-state index contributed by atoms with van der Waals surface area (Å²) in [4.78, 5) is 10.2. The highest BCUT2D eigenvalue weighted by Gasteiger charge is 2.39. The van der Waals surface area contributed by atoms with Crippen LogP contribution in [-0.4, -0.2) is 27.6 Å². The molecule has 2 atom stereocenters. The minimum Gasteiger partial charge on any atom is -0.481 e. The van der Waals surface area contributed by atoms with Crippen LogP contribution in [0, 0.1) is 11.8 Å². The SMILES string of the molecule is O=C(O)C[C@@H]1C[C@@H]1CC(O)O. The van der Waals surface area contributed by atoms with Crippen LogP contribution in [0.4, 0.5) is 0 Å². The fraction of sp³-hybridized carbons (Fsp3) is 0.857. The van der Waals surface area contributed by atoms with Crippen LogP contribution in [0.2, 0.25) is 0 Å². The van der Waals surface area contributed by atoms with Gasteiger partial charge in [-0.15, -0.1) is 0 Å². The number of hydrogen-bond acceptors (Lipinski definition) is 3. The van der Waals surface area contributed by atoms with Gasteiger partial charge in [0.1, 0.15) is 0 Å². The summed E-state index contributed by atoms with van der Waals surface area (Å²) < 4.78 is 0. The zero-order chi connectivity index (χ0) is 8.43. The first-order valence-electron chi connectivity index (χ1n) is 3.67. The van der Waals surface area contributed by atoms with Gasteiger partial charge in [-0.25, -0.2) is 0 Å². The van der Waals surface area contributed by atoms with E-state index in [4.69, 9.17) is 15.3 Å². The maximum atomic E-state index is 10.2. The van der Waals surface area contributed by atoms with E-state index in [1.807, 2.05) is 0 Å². The van der Waals surface area contributed by atoms with E-state index < -0.39 is 12.3 Å². The molecule has 1 aliphatic carbocycles. The average Bonchev–Trinajstić information content (AvgIpc) is 2.43. The molecule has 0 aromatic heterocycles. The zero-order valence-electron chi connectivity index (χ0n) is 6.10. The third-order valence-corrected chi connectivity index (χ3v) is 2.02. The molecule has 1 rings (SSSR count). The van der Waals surface area contributed by atoms with Gasteiger partial charge in [0, 0.05) is 12.8 Å². The van der Waals surface area contributed by atoms with Gasteiger partial charge in [-0.05, 0) is 18.3 Å². The Morgan fingerprint density at radius 1 is 1.45 bits per heavy atom. The first-order chi connectivity index (χ1) is 5.09. The predicted octanol–water partition coefficient (Wildman–Crippen LogP) is -0.202. The second-order valence-corrected chi connectivity index (χ2v) is 3.07. The number of carbonyl (C=O) groups is 1. The molecule has 0 unspecified atom stereocenters. The molecular weight excluding hydrogens is 148 g/mol. The lowest BCUT2D eigenvalue weighted by Gasteiger charge is -1.99. The van der Waals surface area contributed by atoms with Crippen LogP contribution >= 0.6 is 0 Å². The van der Waals surface area contributed by atoms with Gasteiger partial charge in [0.25, 0.3) is 0 Å². The van der Waals surface area contributed by atoms with Crippen molar-refractivity contribution in [3.63, 3.8) is 0 Å². The lowest BCUT2D eigenvalue weighted by Crippen LogP contribution is -2.06. The Hall–Kier alpha value is -0.610. The Kier molecular flexibility index (Phi) is 2.46. The fourth-order valence-electron chi connectivity index (χ4n) is 1.34. The molecule has 1 fully saturated rings. The van der Waals surface area contributed by atoms with Gasteiger partial charge >= 0.3 is 5.97 Å². The number of rotatable bonds is 4. The molecule has 0 aromatic carbocycles. The highest BCUT2D eigenvalue weighted by atomic mass is 16.5. The quantitative estimate of drug-likeness (QED) is 0.497. The summed E-state index contributed by atoms with van der Waals surface area (Å²) in [5.74, 6) is -0.412. The average molecular weight is 160 g/mol. The second-order valence-electron chi connectivity index (χ2n) is 3.07. The zero-order valence-corrected chi connectivity index (χ0v) is 6.10. The standard InChI is InChI=1S/C7H12O4/c8-6(9)2-4-1-5(4)3-7(10)11/h4-6,8-9H,1-3H2,(H,10,11)/t4-,5+/m1/s1. The molecule has 0 heterocycles. The normalized spacial score (nSPS) is 29.0. The molecular formula is C7H12O4. The van der Waals surface area contributed by atoms with Crippen molar-refractivity contribution in [1.82, 2.24) is 0 Å². The van der Waals surface area contributed by atoms with Crippen LogP contribution in [0.1, 0.15) is 19.3 Å². The molecule has 0 radical (unpaired) electrons. The maximum Gasteiger partial charge on any atom is 0.303 e. The van der Waals surface area contributed by atoms with Crippen LogP contribution in [0.25, 0.3) is 0 Å². The number of aliphatic hydroxyl groups excluding tert-OH is 1. The molecule has 0 spiro atoms. The summed E-state index contributed by atoms with van der Waals surface area (Å²) in [6, 6.07) is 0. The van der Waals surface area contributed by atoms with Crippen molar-refractivity contribution < 1.29 is 20.1 Å². The smallest absolute Gasteiger partial charge is 0.303 e. The van der Waals surface area contributed by atoms with Gasteiger partial charge in [-0.3, -0.25) is 4.79 Å². The number of aliphatic carboxylic acids is 1. The van der Waals surface area contributed by atoms with Crippen molar-refractivity contribution in [3.8, 4) is 0 Å². The maximum absolute atomic E-state index is 10.2. The molecule has 64 valence electrons. The Morgan fingerprint density at radius 3 is 2.55 bits per heavy atom. The molecule has 0 amide bonds. The minimum absolute atomic E-state index is 0.164. The van der Waals surface area contributed by atoms with Gasteiger partial charge in [-0.1, -0.05) is 0 Å².